The van der Waals surface area contributed by atoms with Crippen LogP contribution in [0, 0.1) is 5.92 Å². The van der Waals surface area contributed by atoms with Crippen LogP contribution in [-0.2, 0) is 30.0 Å². The third kappa shape index (κ3) is 6.52. The summed E-state index contributed by atoms with van der Waals surface area (Å²) in [5, 5.41) is 3.17. The first kappa shape index (κ1) is 26.9. The lowest BCUT2D eigenvalue weighted by molar-refractivity contribution is -0.120. The highest BCUT2D eigenvalue weighted by molar-refractivity contribution is 7.88. The number of nitrogens with zero attached hydrogens (tertiary/aromatic N) is 1. The Morgan fingerprint density at radius 1 is 1.03 bits per heavy atom. The number of rotatable bonds is 7. The van der Waals surface area contributed by atoms with E-state index in [2.05, 4.69) is 5.32 Å². The highest BCUT2D eigenvalue weighted by Crippen LogP contribution is 2.29. The number of methoxy groups -OCH3 is 2. The first-order valence-electron chi connectivity index (χ1n) is 10.6. The van der Waals surface area contributed by atoms with Crippen LogP contribution in [0.3, 0.4) is 0 Å². The Kier molecular flexibility index (Phi) is 8.76. The van der Waals surface area contributed by atoms with E-state index in [1.807, 2.05) is 0 Å². The van der Waals surface area contributed by atoms with Gasteiger partial charge in [0.25, 0.3) is 0 Å². The van der Waals surface area contributed by atoms with Crippen molar-refractivity contribution >= 4 is 56.8 Å². The Balaban J connectivity index is 1.77. The molecule has 1 aliphatic heterocycles. The molecule has 2 aromatic carbocycles. The number of piperidine rings is 1. The third-order valence-electron chi connectivity index (χ3n) is 5.58. The molecule has 0 unspecified atom stereocenters. The van der Waals surface area contributed by atoms with Crippen LogP contribution in [0.25, 0.3) is 0 Å². The Hall–Kier alpha value is -2.66. The van der Waals surface area contributed by atoms with E-state index in [0.717, 1.165) is 0 Å². The molecular weight excluding hydrogens is 519 g/mol. The van der Waals surface area contributed by atoms with Gasteiger partial charge in [0.15, 0.2) is 0 Å². The van der Waals surface area contributed by atoms with Gasteiger partial charge in [0, 0.05) is 34.4 Å². The van der Waals surface area contributed by atoms with Crippen LogP contribution in [0.5, 0.6) is 0 Å². The van der Waals surface area contributed by atoms with E-state index < -0.39 is 33.8 Å². The minimum absolute atomic E-state index is 0.0310. The molecule has 12 heteroatoms. The molecule has 0 saturated carbocycles. The number of sulfonamides is 1. The lowest BCUT2D eigenvalue weighted by Crippen LogP contribution is -2.44. The number of anilines is 1. The summed E-state index contributed by atoms with van der Waals surface area (Å²) < 4.78 is 36.8. The van der Waals surface area contributed by atoms with Crippen molar-refractivity contribution in [3.8, 4) is 0 Å². The molecule has 1 heterocycles. The van der Waals surface area contributed by atoms with Gasteiger partial charge >= 0.3 is 11.9 Å². The molecule has 0 aliphatic carbocycles. The minimum atomic E-state index is -3.80. The fourth-order valence-electron chi connectivity index (χ4n) is 3.77. The van der Waals surface area contributed by atoms with Gasteiger partial charge in [-0.1, -0.05) is 29.3 Å². The lowest BCUT2D eigenvalue weighted by Gasteiger charge is -2.31. The second-order valence-electron chi connectivity index (χ2n) is 7.93. The normalized spacial score (nSPS) is 16.4. The van der Waals surface area contributed by atoms with Gasteiger partial charge in [-0.15, -0.1) is 0 Å². The van der Waals surface area contributed by atoms with E-state index in [1.165, 1.54) is 36.7 Å². The van der Waals surface area contributed by atoms with Crippen LogP contribution in [0.15, 0.2) is 36.4 Å². The highest BCUT2D eigenvalue weighted by atomic mass is 35.5. The molecule has 0 radical (unpaired) electrons. The summed E-state index contributed by atoms with van der Waals surface area (Å²) in [6.07, 6.45) is 0.939. The number of carbonyl (C=O) groups excluding carboxylic acids is 3. The summed E-state index contributed by atoms with van der Waals surface area (Å²) >= 11 is 12.3. The maximum atomic E-state index is 13.1. The van der Waals surface area contributed by atoms with Gasteiger partial charge in [0.1, 0.15) is 0 Å². The van der Waals surface area contributed by atoms with Gasteiger partial charge in [-0.2, -0.15) is 0 Å². The molecule has 0 bridgehead atoms. The first-order chi connectivity index (χ1) is 16.6. The summed E-state index contributed by atoms with van der Waals surface area (Å²) in [6.45, 7) is 0.231. The zero-order chi connectivity index (χ0) is 25.8. The number of amides is 1. The molecule has 0 aromatic heterocycles. The number of hydrogen-bond acceptors (Lipinski definition) is 7. The quantitative estimate of drug-likeness (QED) is 0.529. The van der Waals surface area contributed by atoms with Gasteiger partial charge in [-0.3, -0.25) is 4.79 Å². The predicted octanol–water partition coefficient (Wildman–Crippen LogP) is 3.75. The third-order valence-corrected chi connectivity index (χ3v) is 8.06. The Labute approximate surface area is 213 Å². The van der Waals surface area contributed by atoms with Crippen LogP contribution < -0.4 is 5.32 Å². The zero-order valence-electron chi connectivity index (χ0n) is 19.0. The fourth-order valence-corrected chi connectivity index (χ4v) is 6.13. The van der Waals surface area contributed by atoms with Crippen molar-refractivity contribution in [2.45, 2.75) is 18.6 Å². The van der Waals surface area contributed by atoms with Crippen molar-refractivity contribution in [3.05, 3.63) is 63.1 Å². The number of ether oxygens (including phenoxy) is 2. The van der Waals surface area contributed by atoms with Crippen LogP contribution in [0.1, 0.15) is 39.1 Å². The summed E-state index contributed by atoms with van der Waals surface area (Å²) in [6, 6.07) is 8.79. The number of hydrogen-bond donors (Lipinski definition) is 1. The van der Waals surface area contributed by atoms with Crippen molar-refractivity contribution < 1.29 is 32.3 Å². The van der Waals surface area contributed by atoms with Gasteiger partial charge in [-0.25, -0.2) is 22.3 Å². The number of carbonyl (C=O) groups is 3. The van der Waals surface area contributed by atoms with Crippen molar-refractivity contribution in [2.24, 2.45) is 5.92 Å². The van der Waals surface area contributed by atoms with E-state index in [9.17, 15) is 22.8 Å². The summed E-state index contributed by atoms with van der Waals surface area (Å²) in [5.74, 6) is -2.87. The fraction of sp³-hybridized carbons (Fsp3) is 0.348. The van der Waals surface area contributed by atoms with Gasteiger partial charge in [0.05, 0.1) is 37.0 Å². The zero-order valence-corrected chi connectivity index (χ0v) is 21.4. The topological polar surface area (TPSA) is 119 Å². The highest BCUT2D eigenvalue weighted by Gasteiger charge is 2.33. The Morgan fingerprint density at radius 3 is 2.14 bits per heavy atom. The Bertz CT molecular complexity index is 1200. The maximum Gasteiger partial charge on any atom is 0.337 e. The predicted molar refractivity (Wildman–Crippen MR) is 131 cm³/mol. The smallest absolute Gasteiger partial charge is 0.337 e. The number of nitrogens with one attached hydrogen (secondary N) is 1. The van der Waals surface area contributed by atoms with Crippen LogP contribution >= 0.6 is 23.2 Å². The summed E-state index contributed by atoms with van der Waals surface area (Å²) in [5.41, 5.74) is 0.587. The van der Waals surface area contributed by atoms with Gasteiger partial charge in [-0.05, 0) is 43.2 Å². The van der Waals surface area contributed by atoms with Crippen LogP contribution in [-0.4, -0.2) is 57.9 Å². The lowest BCUT2D eigenvalue weighted by atomic mass is 9.98. The molecule has 35 heavy (non-hydrogen) atoms. The van der Waals surface area contributed by atoms with E-state index in [-0.39, 0.29) is 45.7 Å². The monoisotopic (exact) mass is 542 g/mol. The first-order valence-corrected chi connectivity index (χ1v) is 13.0. The largest absolute Gasteiger partial charge is 0.465 e. The molecule has 1 N–H and O–H groups in total. The van der Waals surface area contributed by atoms with Crippen molar-refractivity contribution in [3.63, 3.8) is 0 Å². The molecule has 1 fully saturated rings. The summed E-state index contributed by atoms with van der Waals surface area (Å²) in [7, 11) is -1.42. The maximum absolute atomic E-state index is 13.1. The standard InChI is InChI=1S/C23H24Cl2N2O7S/c1-33-22(29)15-9-16(23(30)34-2)11-17(10-15)26-21(28)14-5-4-8-27(12-14)35(31,32)13-18-19(24)6-3-7-20(18)25/h3,6-7,9-11,14H,4-5,8,12-13H2,1-2H3,(H,26,28)/t14-/m0/s1. The number of esters is 2. The number of halogens is 2. The van der Waals surface area contributed by atoms with Gasteiger partial charge < -0.3 is 14.8 Å². The van der Waals surface area contributed by atoms with E-state index in [4.69, 9.17) is 32.7 Å². The number of benzene rings is 2. The minimum Gasteiger partial charge on any atom is -0.465 e. The Morgan fingerprint density at radius 2 is 1.60 bits per heavy atom. The van der Waals surface area contributed by atoms with Gasteiger partial charge in [0.2, 0.25) is 15.9 Å². The van der Waals surface area contributed by atoms with Crippen molar-refractivity contribution in [1.29, 1.82) is 0 Å². The molecule has 188 valence electrons. The molecule has 1 saturated heterocycles. The average Bonchev–Trinajstić information content (AvgIpc) is 2.85. The van der Waals surface area contributed by atoms with Crippen LogP contribution in [0.2, 0.25) is 10.0 Å². The molecule has 2 aromatic rings. The molecule has 1 amide bonds. The second-order valence-corrected chi connectivity index (χ2v) is 10.7. The average molecular weight is 543 g/mol. The molecule has 3 rings (SSSR count). The molecular formula is C23H24Cl2N2O7S. The van der Waals surface area contributed by atoms with Crippen LogP contribution in [0.4, 0.5) is 5.69 Å². The SMILES string of the molecule is COC(=O)c1cc(NC(=O)[C@H]2CCCN(S(=O)(=O)Cc3c(Cl)cccc3Cl)C2)cc(C(=O)OC)c1. The van der Waals surface area contributed by atoms with E-state index in [1.54, 1.807) is 18.2 Å². The van der Waals surface area contributed by atoms with E-state index >= 15 is 0 Å². The van der Waals surface area contributed by atoms with E-state index in [0.29, 0.717) is 18.4 Å². The molecule has 1 atom stereocenters. The van der Waals surface area contributed by atoms with Crippen molar-refractivity contribution in [1.82, 2.24) is 4.31 Å². The summed E-state index contributed by atoms with van der Waals surface area (Å²) in [4.78, 5) is 37.0. The van der Waals surface area contributed by atoms with Crippen molar-refractivity contribution in [2.75, 3.05) is 32.6 Å². The molecule has 1 aliphatic rings. The molecule has 0 spiro atoms. The second kappa shape index (κ2) is 11.4. The molecule has 9 nitrogen and oxygen atoms in total.